The number of hydrogen-bond donors (Lipinski definition) is 2. The molecule has 100 valence electrons. The van der Waals surface area contributed by atoms with Crippen molar-refractivity contribution in [3.8, 4) is 0 Å². The molecule has 3 atom stereocenters. The SMILES string of the molecule is O=C1Nc2ccccc2C1NC1CCN2CCCC12. The van der Waals surface area contributed by atoms with Gasteiger partial charge >= 0.3 is 0 Å². The van der Waals surface area contributed by atoms with Gasteiger partial charge in [-0.25, -0.2) is 0 Å². The highest BCUT2D eigenvalue weighted by molar-refractivity contribution is 6.02. The van der Waals surface area contributed by atoms with Gasteiger partial charge in [0.1, 0.15) is 6.04 Å². The number of carbonyl (C=O) groups is 1. The van der Waals surface area contributed by atoms with E-state index >= 15 is 0 Å². The average Bonchev–Trinajstić information content (AvgIpc) is 3.07. The van der Waals surface area contributed by atoms with E-state index in [1.165, 1.54) is 25.9 Å². The van der Waals surface area contributed by atoms with Gasteiger partial charge in [-0.3, -0.25) is 15.0 Å². The fraction of sp³-hybridized carbons (Fsp3) is 0.533. The largest absolute Gasteiger partial charge is 0.324 e. The van der Waals surface area contributed by atoms with E-state index in [9.17, 15) is 4.79 Å². The van der Waals surface area contributed by atoms with Gasteiger partial charge in [-0.2, -0.15) is 0 Å². The van der Waals surface area contributed by atoms with Crippen LogP contribution in [-0.2, 0) is 4.79 Å². The summed E-state index contributed by atoms with van der Waals surface area (Å²) >= 11 is 0. The highest BCUT2D eigenvalue weighted by Gasteiger charge is 2.40. The highest BCUT2D eigenvalue weighted by Crippen LogP contribution is 2.34. The summed E-state index contributed by atoms with van der Waals surface area (Å²) in [6.07, 6.45) is 3.74. The minimum absolute atomic E-state index is 0.0950. The first-order valence-electron chi connectivity index (χ1n) is 7.23. The van der Waals surface area contributed by atoms with Crippen LogP contribution in [-0.4, -0.2) is 36.0 Å². The van der Waals surface area contributed by atoms with Gasteiger partial charge in [-0.1, -0.05) is 18.2 Å². The molecule has 3 aliphatic heterocycles. The first kappa shape index (κ1) is 11.4. The van der Waals surface area contributed by atoms with Crippen LogP contribution in [0.5, 0.6) is 0 Å². The van der Waals surface area contributed by atoms with Crippen molar-refractivity contribution in [3.05, 3.63) is 29.8 Å². The Morgan fingerprint density at radius 3 is 3.05 bits per heavy atom. The highest BCUT2D eigenvalue weighted by atomic mass is 16.2. The molecule has 1 aromatic rings. The second-order valence-electron chi connectivity index (χ2n) is 5.82. The van der Waals surface area contributed by atoms with E-state index in [1.54, 1.807) is 0 Å². The van der Waals surface area contributed by atoms with E-state index < -0.39 is 0 Å². The van der Waals surface area contributed by atoms with E-state index in [4.69, 9.17) is 0 Å². The van der Waals surface area contributed by atoms with Gasteiger partial charge in [-0.05, 0) is 31.9 Å². The Morgan fingerprint density at radius 1 is 1.21 bits per heavy atom. The summed E-state index contributed by atoms with van der Waals surface area (Å²) in [5.74, 6) is 0.0950. The maximum Gasteiger partial charge on any atom is 0.246 e. The summed E-state index contributed by atoms with van der Waals surface area (Å²) in [5, 5.41) is 6.57. The molecule has 4 nitrogen and oxygen atoms in total. The fourth-order valence-electron chi connectivity index (χ4n) is 3.87. The molecule has 19 heavy (non-hydrogen) atoms. The minimum Gasteiger partial charge on any atom is -0.324 e. The predicted molar refractivity (Wildman–Crippen MR) is 73.9 cm³/mol. The van der Waals surface area contributed by atoms with Gasteiger partial charge < -0.3 is 5.32 Å². The molecular weight excluding hydrogens is 238 g/mol. The standard InChI is InChI=1S/C15H19N3O/c19-15-14(10-4-1-2-5-11(10)17-15)16-12-7-9-18-8-3-6-13(12)18/h1-2,4-5,12-14,16H,3,6-9H2,(H,17,19). The van der Waals surface area contributed by atoms with Crippen LogP contribution in [0.15, 0.2) is 24.3 Å². The zero-order valence-electron chi connectivity index (χ0n) is 10.9. The van der Waals surface area contributed by atoms with Crippen molar-refractivity contribution < 1.29 is 4.79 Å². The molecule has 0 aliphatic carbocycles. The maximum absolute atomic E-state index is 12.1. The van der Waals surface area contributed by atoms with Crippen LogP contribution in [0, 0.1) is 0 Å². The summed E-state index contributed by atoms with van der Waals surface area (Å²) in [4.78, 5) is 14.7. The van der Waals surface area contributed by atoms with Gasteiger partial charge in [0.15, 0.2) is 0 Å². The summed E-state index contributed by atoms with van der Waals surface area (Å²) < 4.78 is 0. The van der Waals surface area contributed by atoms with Crippen molar-refractivity contribution >= 4 is 11.6 Å². The number of hydrogen-bond acceptors (Lipinski definition) is 3. The van der Waals surface area contributed by atoms with Crippen LogP contribution < -0.4 is 10.6 Å². The zero-order chi connectivity index (χ0) is 12.8. The third kappa shape index (κ3) is 1.78. The van der Waals surface area contributed by atoms with Crippen LogP contribution in [0.2, 0.25) is 0 Å². The Balaban J connectivity index is 1.55. The Bertz CT molecular complexity index is 516. The predicted octanol–water partition coefficient (Wildman–Crippen LogP) is 1.51. The van der Waals surface area contributed by atoms with E-state index in [-0.39, 0.29) is 11.9 Å². The number of rotatable bonds is 2. The lowest BCUT2D eigenvalue weighted by Crippen LogP contribution is -2.42. The molecular formula is C15H19N3O. The average molecular weight is 257 g/mol. The van der Waals surface area contributed by atoms with Gasteiger partial charge in [0, 0.05) is 29.9 Å². The van der Waals surface area contributed by atoms with E-state index in [2.05, 4.69) is 15.5 Å². The molecule has 2 N–H and O–H groups in total. The van der Waals surface area contributed by atoms with E-state index in [0.29, 0.717) is 12.1 Å². The number of fused-ring (bicyclic) bond motifs is 2. The van der Waals surface area contributed by atoms with Gasteiger partial charge in [-0.15, -0.1) is 0 Å². The number of nitrogens with one attached hydrogen (secondary N) is 2. The first-order chi connectivity index (χ1) is 9.33. The van der Waals surface area contributed by atoms with Crippen molar-refractivity contribution in [1.82, 2.24) is 10.2 Å². The lowest BCUT2D eigenvalue weighted by Gasteiger charge is -2.24. The number of anilines is 1. The summed E-state index contributed by atoms with van der Waals surface area (Å²) in [6.45, 7) is 2.41. The number of benzene rings is 1. The Kier molecular flexibility index (Phi) is 2.60. The van der Waals surface area contributed by atoms with Crippen molar-refractivity contribution in [3.63, 3.8) is 0 Å². The van der Waals surface area contributed by atoms with Crippen molar-refractivity contribution in [2.24, 2.45) is 0 Å². The summed E-state index contributed by atoms with van der Waals surface area (Å²) in [6, 6.07) is 8.93. The monoisotopic (exact) mass is 257 g/mol. The number of nitrogens with zero attached hydrogens (tertiary/aromatic N) is 1. The first-order valence-corrected chi connectivity index (χ1v) is 7.23. The van der Waals surface area contributed by atoms with E-state index in [0.717, 1.165) is 17.7 Å². The lowest BCUT2D eigenvalue weighted by atomic mass is 10.0. The molecule has 2 saturated heterocycles. The van der Waals surface area contributed by atoms with Crippen LogP contribution in [0.1, 0.15) is 30.9 Å². The van der Waals surface area contributed by atoms with Gasteiger partial charge in [0.2, 0.25) is 5.91 Å². The quantitative estimate of drug-likeness (QED) is 0.844. The molecule has 3 unspecified atom stereocenters. The smallest absolute Gasteiger partial charge is 0.246 e. The minimum atomic E-state index is -0.165. The lowest BCUT2D eigenvalue weighted by molar-refractivity contribution is -0.117. The molecule has 0 spiro atoms. The van der Waals surface area contributed by atoms with Crippen molar-refractivity contribution in [1.29, 1.82) is 0 Å². The molecule has 1 aromatic carbocycles. The molecule has 4 heteroatoms. The van der Waals surface area contributed by atoms with Gasteiger partial charge in [0.05, 0.1) is 0 Å². The summed E-state index contributed by atoms with van der Waals surface area (Å²) in [5.41, 5.74) is 2.07. The van der Waals surface area contributed by atoms with Crippen molar-refractivity contribution in [2.75, 3.05) is 18.4 Å². The number of carbonyl (C=O) groups excluding carboxylic acids is 1. The second-order valence-corrected chi connectivity index (χ2v) is 5.82. The molecule has 3 heterocycles. The Hall–Kier alpha value is -1.39. The Labute approximate surface area is 113 Å². The molecule has 0 saturated carbocycles. The topological polar surface area (TPSA) is 44.4 Å². The van der Waals surface area contributed by atoms with Crippen LogP contribution >= 0.6 is 0 Å². The van der Waals surface area contributed by atoms with Crippen LogP contribution in [0.3, 0.4) is 0 Å². The zero-order valence-corrected chi connectivity index (χ0v) is 10.9. The van der Waals surface area contributed by atoms with Crippen LogP contribution in [0.25, 0.3) is 0 Å². The Morgan fingerprint density at radius 2 is 2.11 bits per heavy atom. The van der Waals surface area contributed by atoms with Crippen LogP contribution in [0.4, 0.5) is 5.69 Å². The number of para-hydroxylation sites is 1. The summed E-state index contributed by atoms with van der Waals surface area (Å²) in [7, 11) is 0. The number of amides is 1. The maximum atomic E-state index is 12.1. The second kappa shape index (κ2) is 4.32. The van der Waals surface area contributed by atoms with Crippen molar-refractivity contribution in [2.45, 2.75) is 37.4 Å². The molecule has 4 rings (SSSR count). The fourth-order valence-corrected chi connectivity index (χ4v) is 3.87. The molecule has 1 amide bonds. The third-order valence-corrected chi connectivity index (χ3v) is 4.78. The molecule has 3 aliphatic rings. The van der Waals surface area contributed by atoms with E-state index in [1.807, 2.05) is 24.3 Å². The van der Waals surface area contributed by atoms with Gasteiger partial charge in [0.25, 0.3) is 0 Å². The normalized spacial score (nSPS) is 33.3. The molecule has 2 fully saturated rings. The molecule has 0 aromatic heterocycles. The molecule has 0 bridgehead atoms. The third-order valence-electron chi connectivity index (χ3n) is 4.78. The molecule has 0 radical (unpaired) electrons.